The Balaban J connectivity index is 1.57. The SMILES string of the molecule is C[C@@]12C[C@H]3CCCC[C@]3(C1=O)[C@@H](Sc1ccccc1)[C@@H]2Sc1ccccc1. The molecule has 27 heavy (non-hydrogen) atoms. The van der Waals surface area contributed by atoms with Crippen molar-refractivity contribution < 1.29 is 4.79 Å². The van der Waals surface area contributed by atoms with Crippen molar-refractivity contribution in [2.45, 2.75) is 59.3 Å². The van der Waals surface area contributed by atoms with E-state index in [0.717, 1.165) is 12.8 Å². The van der Waals surface area contributed by atoms with Crippen molar-refractivity contribution in [3.05, 3.63) is 60.7 Å². The second kappa shape index (κ2) is 6.70. The molecule has 0 heterocycles. The summed E-state index contributed by atoms with van der Waals surface area (Å²) < 4.78 is 0. The molecule has 3 heteroatoms. The van der Waals surface area contributed by atoms with Crippen LogP contribution in [0.4, 0.5) is 0 Å². The first-order valence-corrected chi connectivity index (χ1v) is 11.9. The maximum atomic E-state index is 13.8. The molecule has 2 aromatic rings. The molecule has 140 valence electrons. The summed E-state index contributed by atoms with van der Waals surface area (Å²) in [7, 11) is 0. The second-order valence-electron chi connectivity index (χ2n) is 8.64. The summed E-state index contributed by atoms with van der Waals surface area (Å²) in [6.45, 7) is 2.28. The normalized spacial score (nSPS) is 37.4. The van der Waals surface area contributed by atoms with Crippen molar-refractivity contribution in [1.82, 2.24) is 0 Å². The number of hydrogen-bond donors (Lipinski definition) is 0. The number of ketones is 1. The Labute approximate surface area is 170 Å². The van der Waals surface area contributed by atoms with Crippen LogP contribution in [0, 0.1) is 16.7 Å². The van der Waals surface area contributed by atoms with Crippen LogP contribution < -0.4 is 0 Å². The molecule has 2 bridgehead atoms. The molecule has 0 aromatic heterocycles. The highest BCUT2D eigenvalue weighted by Crippen LogP contribution is 2.72. The summed E-state index contributed by atoms with van der Waals surface area (Å²) in [5, 5.41) is 0.730. The van der Waals surface area contributed by atoms with E-state index in [1.54, 1.807) is 0 Å². The number of hydrogen-bond acceptors (Lipinski definition) is 3. The molecule has 3 fully saturated rings. The van der Waals surface area contributed by atoms with Gasteiger partial charge in [0.25, 0.3) is 0 Å². The van der Waals surface area contributed by atoms with Gasteiger partial charge < -0.3 is 0 Å². The molecule has 2 aromatic carbocycles. The Kier molecular flexibility index (Phi) is 4.44. The van der Waals surface area contributed by atoms with Gasteiger partial charge in [0.05, 0.1) is 0 Å². The predicted molar refractivity (Wildman–Crippen MR) is 114 cm³/mol. The lowest BCUT2D eigenvalue weighted by atomic mass is 9.65. The highest BCUT2D eigenvalue weighted by molar-refractivity contribution is 8.04. The largest absolute Gasteiger partial charge is 0.298 e. The Hall–Kier alpha value is -1.19. The Morgan fingerprint density at radius 3 is 2.07 bits per heavy atom. The third kappa shape index (κ3) is 2.65. The standard InChI is InChI=1S/C24H26OS2/c1-23-16-17-10-8-9-15-24(17,22(23)25)21(27-19-13-6-3-7-14-19)20(23)26-18-11-4-2-5-12-18/h2-7,11-14,17,20-21H,8-10,15-16H2,1H3/t17-,20+,21+,23+,24-/m1/s1. The fourth-order valence-electron chi connectivity index (χ4n) is 5.99. The molecule has 1 nitrogen and oxygen atoms in total. The van der Waals surface area contributed by atoms with Gasteiger partial charge in [-0.25, -0.2) is 0 Å². The van der Waals surface area contributed by atoms with Crippen molar-refractivity contribution in [2.24, 2.45) is 16.7 Å². The lowest BCUT2D eigenvalue weighted by molar-refractivity contribution is -0.130. The van der Waals surface area contributed by atoms with Gasteiger partial charge in [-0.2, -0.15) is 0 Å². The molecule has 0 aliphatic heterocycles. The summed E-state index contributed by atoms with van der Waals surface area (Å²) in [5.74, 6) is 1.18. The van der Waals surface area contributed by atoms with Crippen molar-refractivity contribution in [2.75, 3.05) is 0 Å². The number of fused-ring (bicyclic) bond motifs is 1. The van der Waals surface area contributed by atoms with Crippen LogP contribution >= 0.6 is 23.5 Å². The Morgan fingerprint density at radius 1 is 0.852 bits per heavy atom. The molecular formula is C24H26OS2. The Bertz CT molecular complexity index is 836. The van der Waals surface area contributed by atoms with Gasteiger partial charge in [0.15, 0.2) is 0 Å². The van der Waals surface area contributed by atoms with Crippen molar-refractivity contribution in [3.63, 3.8) is 0 Å². The van der Waals surface area contributed by atoms with E-state index in [0.29, 0.717) is 22.2 Å². The maximum Gasteiger partial charge on any atom is 0.147 e. The van der Waals surface area contributed by atoms with E-state index in [1.807, 2.05) is 23.5 Å². The number of benzene rings is 2. The molecule has 0 saturated heterocycles. The highest BCUT2D eigenvalue weighted by Gasteiger charge is 2.74. The topological polar surface area (TPSA) is 17.1 Å². The predicted octanol–water partition coefficient (Wildman–Crippen LogP) is 6.48. The van der Waals surface area contributed by atoms with Gasteiger partial charge >= 0.3 is 0 Å². The molecule has 3 aliphatic carbocycles. The zero-order chi connectivity index (χ0) is 18.5. The molecule has 3 saturated carbocycles. The van der Waals surface area contributed by atoms with Crippen LogP contribution in [0.3, 0.4) is 0 Å². The van der Waals surface area contributed by atoms with Crippen LogP contribution in [-0.2, 0) is 4.79 Å². The minimum atomic E-state index is -0.179. The van der Waals surface area contributed by atoms with Gasteiger partial charge in [0.2, 0.25) is 0 Å². The van der Waals surface area contributed by atoms with E-state index >= 15 is 0 Å². The second-order valence-corrected chi connectivity index (χ2v) is 11.1. The molecule has 0 N–H and O–H groups in total. The number of Topliss-reactive ketones (excluding diaryl/α,β-unsaturated/α-hetero) is 1. The zero-order valence-corrected chi connectivity index (χ0v) is 17.4. The molecule has 0 unspecified atom stereocenters. The van der Waals surface area contributed by atoms with Crippen LogP contribution in [0.25, 0.3) is 0 Å². The van der Waals surface area contributed by atoms with E-state index < -0.39 is 0 Å². The van der Waals surface area contributed by atoms with Crippen LogP contribution in [-0.4, -0.2) is 16.3 Å². The zero-order valence-electron chi connectivity index (χ0n) is 15.8. The van der Waals surface area contributed by atoms with Crippen LogP contribution in [0.1, 0.15) is 39.0 Å². The average molecular weight is 395 g/mol. The van der Waals surface area contributed by atoms with E-state index in [9.17, 15) is 4.79 Å². The van der Waals surface area contributed by atoms with Gasteiger partial charge in [-0.3, -0.25) is 4.79 Å². The van der Waals surface area contributed by atoms with Gasteiger partial charge in [-0.05, 0) is 49.4 Å². The summed E-state index contributed by atoms with van der Waals surface area (Å²) in [5.41, 5.74) is -0.276. The number of rotatable bonds is 4. The van der Waals surface area contributed by atoms with Gasteiger partial charge in [-0.15, -0.1) is 23.5 Å². The highest BCUT2D eigenvalue weighted by atomic mass is 32.2. The molecular weight excluding hydrogens is 368 g/mol. The van der Waals surface area contributed by atoms with Crippen LogP contribution in [0.5, 0.6) is 0 Å². The minimum absolute atomic E-state index is 0.0973. The van der Waals surface area contributed by atoms with Crippen molar-refractivity contribution >= 4 is 29.3 Å². The lowest BCUT2D eigenvalue weighted by Crippen LogP contribution is -2.46. The summed E-state index contributed by atoms with van der Waals surface area (Å²) in [6.07, 6.45) is 5.96. The maximum absolute atomic E-state index is 13.8. The van der Waals surface area contributed by atoms with Crippen molar-refractivity contribution in [3.8, 4) is 0 Å². The molecule has 5 rings (SSSR count). The van der Waals surface area contributed by atoms with Crippen molar-refractivity contribution in [1.29, 1.82) is 0 Å². The Morgan fingerprint density at radius 2 is 1.44 bits per heavy atom. The molecule has 5 atom stereocenters. The lowest BCUT2D eigenvalue weighted by Gasteiger charge is -2.46. The van der Waals surface area contributed by atoms with Crippen LogP contribution in [0.2, 0.25) is 0 Å². The summed E-state index contributed by atoms with van der Waals surface area (Å²) in [4.78, 5) is 16.4. The smallest absolute Gasteiger partial charge is 0.147 e. The number of carbonyl (C=O) groups excluding carboxylic acids is 1. The molecule has 1 spiro atoms. The van der Waals surface area contributed by atoms with Gasteiger partial charge in [0, 0.05) is 31.1 Å². The first kappa shape index (κ1) is 17.9. The third-order valence-corrected chi connectivity index (χ3v) is 10.4. The quantitative estimate of drug-likeness (QED) is 0.591. The third-order valence-electron chi connectivity index (χ3n) is 7.16. The molecule has 0 amide bonds. The van der Waals surface area contributed by atoms with Crippen LogP contribution in [0.15, 0.2) is 70.5 Å². The van der Waals surface area contributed by atoms with E-state index in [2.05, 4.69) is 67.6 Å². The monoisotopic (exact) mass is 394 g/mol. The number of carbonyl (C=O) groups is 1. The van der Waals surface area contributed by atoms with E-state index in [4.69, 9.17) is 0 Å². The average Bonchev–Trinajstić information content (AvgIpc) is 3.03. The van der Waals surface area contributed by atoms with E-state index in [1.165, 1.54) is 29.1 Å². The minimum Gasteiger partial charge on any atom is -0.298 e. The molecule has 3 aliphatic rings. The van der Waals surface area contributed by atoms with E-state index in [-0.39, 0.29) is 10.8 Å². The summed E-state index contributed by atoms with van der Waals surface area (Å²) in [6, 6.07) is 21.4. The fourth-order valence-corrected chi connectivity index (χ4v) is 9.42. The van der Waals surface area contributed by atoms with Gasteiger partial charge in [0.1, 0.15) is 5.78 Å². The first-order chi connectivity index (χ1) is 13.1. The first-order valence-electron chi connectivity index (χ1n) is 10.1. The molecule has 0 radical (unpaired) electrons. The fraction of sp³-hybridized carbons (Fsp3) is 0.458. The summed E-state index contributed by atoms with van der Waals surface area (Å²) >= 11 is 3.93. The number of thioether (sulfide) groups is 2. The van der Waals surface area contributed by atoms with Gasteiger partial charge in [-0.1, -0.05) is 56.2 Å².